The summed E-state index contributed by atoms with van der Waals surface area (Å²) >= 11 is 0. The highest BCUT2D eigenvalue weighted by atomic mass is 16.2. The summed E-state index contributed by atoms with van der Waals surface area (Å²) in [6, 6.07) is 15.8. The van der Waals surface area contributed by atoms with Crippen molar-refractivity contribution in [1.82, 2.24) is 19.7 Å². The van der Waals surface area contributed by atoms with Crippen molar-refractivity contribution in [2.75, 3.05) is 13.1 Å². The molecule has 2 aromatic carbocycles. The van der Waals surface area contributed by atoms with Crippen molar-refractivity contribution in [3.05, 3.63) is 77.9 Å². The molecule has 0 spiro atoms. The van der Waals surface area contributed by atoms with Crippen LogP contribution < -0.4 is 5.73 Å². The predicted octanol–water partition coefficient (Wildman–Crippen LogP) is 2.14. The molecule has 1 aromatic heterocycles. The largest absolute Gasteiger partial charge is 0.336 e. The standard InChI is InChI=1S/C20H21N5O/c1-14-9-16(7-8-19(14)25-13-22-12-23-25)20(26)24-10-17(18(21)11-24)15-5-3-2-4-6-15/h2-9,12-13,17-18H,10-11,21H2,1H3/t17-,18+/m0/s1. The zero-order valence-corrected chi connectivity index (χ0v) is 14.6. The maximum absolute atomic E-state index is 13.0. The van der Waals surface area contributed by atoms with E-state index in [9.17, 15) is 4.79 Å². The lowest BCUT2D eigenvalue weighted by molar-refractivity contribution is 0.0789. The molecule has 1 amide bonds. The van der Waals surface area contributed by atoms with Crippen LogP contribution in [-0.4, -0.2) is 44.7 Å². The van der Waals surface area contributed by atoms with E-state index in [4.69, 9.17) is 5.73 Å². The van der Waals surface area contributed by atoms with E-state index in [0.29, 0.717) is 18.7 Å². The molecular formula is C20H21N5O. The number of likely N-dealkylation sites (tertiary alicyclic amines) is 1. The third-order valence-corrected chi connectivity index (χ3v) is 4.99. The first-order valence-corrected chi connectivity index (χ1v) is 8.69. The Bertz CT molecular complexity index is 907. The summed E-state index contributed by atoms with van der Waals surface area (Å²) in [4.78, 5) is 18.8. The van der Waals surface area contributed by atoms with Crippen LogP contribution in [0.25, 0.3) is 5.69 Å². The number of carbonyl (C=O) groups excluding carboxylic acids is 1. The average Bonchev–Trinajstić information content (AvgIpc) is 3.31. The molecule has 1 fully saturated rings. The number of aryl methyl sites for hydroxylation is 1. The number of benzene rings is 2. The fourth-order valence-corrected chi connectivity index (χ4v) is 3.61. The van der Waals surface area contributed by atoms with E-state index in [1.807, 2.05) is 48.2 Å². The Morgan fingerprint density at radius 2 is 1.96 bits per heavy atom. The van der Waals surface area contributed by atoms with Gasteiger partial charge in [0.25, 0.3) is 5.91 Å². The van der Waals surface area contributed by atoms with Crippen LogP contribution in [0.3, 0.4) is 0 Å². The van der Waals surface area contributed by atoms with Crippen LogP contribution >= 0.6 is 0 Å². The third kappa shape index (κ3) is 2.99. The number of nitrogens with zero attached hydrogens (tertiary/aromatic N) is 4. The normalized spacial score (nSPS) is 19.7. The molecule has 4 rings (SSSR count). The molecule has 26 heavy (non-hydrogen) atoms. The van der Waals surface area contributed by atoms with E-state index in [1.165, 1.54) is 11.9 Å². The van der Waals surface area contributed by atoms with Gasteiger partial charge in [-0.2, -0.15) is 5.10 Å². The molecular weight excluding hydrogens is 326 g/mol. The molecule has 6 nitrogen and oxygen atoms in total. The number of rotatable bonds is 3. The molecule has 0 saturated carbocycles. The maximum Gasteiger partial charge on any atom is 0.253 e. The number of hydrogen-bond donors (Lipinski definition) is 1. The highest BCUT2D eigenvalue weighted by Crippen LogP contribution is 2.28. The molecule has 0 unspecified atom stereocenters. The minimum atomic E-state index is -0.0446. The smallest absolute Gasteiger partial charge is 0.253 e. The van der Waals surface area contributed by atoms with Gasteiger partial charge in [-0.1, -0.05) is 30.3 Å². The van der Waals surface area contributed by atoms with Gasteiger partial charge in [-0.15, -0.1) is 0 Å². The van der Waals surface area contributed by atoms with Gasteiger partial charge in [-0.05, 0) is 36.2 Å². The van der Waals surface area contributed by atoms with Gasteiger partial charge >= 0.3 is 0 Å². The second kappa shape index (κ2) is 6.72. The maximum atomic E-state index is 13.0. The number of amides is 1. The first kappa shape index (κ1) is 16.5. The summed E-state index contributed by atoms with van der Waals surface area (Å²) < 4.78 is 1.70. The van der Waals surface area contributed by atoms with Crippen molar-refractivity contribution >= 4 is 5.91 Å². The average molecular weight is 347 g/mol. The van der Waals surface area contributed by atoms with Crippen LogP contribution in [0.1, 0.15) is 27.4 Å². The molecule has 2 N–H and O–H groups in total. The number of nitrogens with two attached hydrogens (primary N) is 1. The van der Waals surface area contributed by atoms with Crippen molar-refractivity contribution in [3.8, 4) is 5.69 Å². The van der Waals surface area contributed by atoms with Crippen LogP contribution in [0.4, 0.5) is 0 Å². The topological polar surface area (TPSA) is 77.0 Å². The van der Waals surface area contributed by atoms with E-state index < -0.39 is 0 Å². The van der Waals surface area contributed by atoms with Crippen LogP contribution in [0, 0.1) is 6.92 Å². The Balaban J connectivity index is 1.54. The summed E-state index contributed by atoms with van der Waals surface area (Å²) in [5.41, 5.74) is 10.1. The van der Waals surface area contributed by atoms with E-state index in [-0.39, 0.29) is 17.9 Å². The SMILES string of the molecule is Cc1cc(C(=O)N2C[C@@H](N)[C@H](c3ccccc3)C2)ccc1-n1cncn1. The van der Waals surface area contributed by atoms with Crippen LogP contribution in [-0.2, 0) is 0 Å². The van der Waals surface area contributed by atoms with Crippen molar-refractivity contribution in [1.29, 1.82) is 0 Å². The second-order valence-corrected chi connectivity index (χ2v) is 6.73. The van der Waals surface area contributed by atoms with Gasteiger partial charge in [0, 0.05) is 30.6 Å². The summed E-state index contributed by atoms with van der Waals surface area (Å²) in [6.45, 7) is 3.19. The molecule has 6 heteroatoms. The summed E-state index contributed by atoms with van der Waals surface area (Å²) in [6.07, 6.45) is 3.14. The Kier molecular flexibility index (Phi) is 4.26. The van der Waals surface area contributed by atoms with E-state index in [1.54, 1.807) is 11.0 Å². The van der Waals surface area contributed by atoms with Gasteiger partial charge in [-0.25, -0.2) is 9.67 Å². The molecule has 0 radical (unpaired) electrons. The summed E-state index contributed by atoms with van der Waals surface area (Å²) in [5.74, 6) is 0.197. The Labute approximate surface area is 152 Å². The molecule has 0 aliphatic carbocycles. The Morgan fingerprint density at radius 1 is 1.15 bits per heavy atom. The van der Waals surface area contributed by atoms with Gasteiger partial charge in [0.05, 0.1) is 5.69 Å². The van der Waals surface area contributed by atoms with Crippen molar-refractivity contribution in [2.24, 2.45) is 5.73 Å². The second-order valence-electron chi connectivity index (χ2n) is 6.73. The Hall–Kier alpha value is -2.99. The molecule has 3 aromatic rings. The van der Waals surface area contributed by atoms with Crippen LogP contribution in [0.5, 0.6) is 0 Å². The number of carbonyl (C=O) groups is 1. The molecule has 132 valence electrons. The zero-order valence-electron chi connectivity index (χ0n) is 14.6. The predicted molar refractivity (Wildman–Crippen MR) is 99.2 cm³/mol. The van der Waals surface area contributed by atoms with E-state index >= 15 is 0 Å². The first-order valence-electron chi connectivity index (χ1n) is 8.69. The lowest BCUT2D eigenvalue weighted by atomic mass is 9.95. The van der Waals surface area contributed by atoms with Crippen LogP contribution in [0.2, 0.25) is 0 Å². The van der Waals surface area contributed by atoms with Crippen molar-refractivity contribution < 1.29 is 4.79 Å². The molecule has 1 saturated heterocycles. The lowest BCUT2D eigenvalue weighted by Crippen LogP contribution is -2.32. The number of hydrogen-bond acceptors (Lipinski definition) is 4. The van der Waals surface area contributed by atoms with E-state index in [0.717, 1.165) is 11.3 Å². The molecule has 0 bridgehead atoms. The van der Waals surface area contributed by atoms with Gasteiger partial charge in [0.1, 0.15) is 12.7 Å². The highest BCUT2D eigenvalue weighted by molar-refractivity contribution is 5.95. The minimum Gasteiger partial charge on any atom is -0.336 e. The number of aromatic nitrogens is 3. The summed E-state index contributed by atoms with van der Waals surface area (Å²) in [5, 5.41) is 4.15. The fourth-order valence-electron chi connectivity index (χ4n) is 3.61. The first-order chi connectivity index (χ1) is 12.6. The van der Waals surface area contributed by atoms with Gasteiger partial charge in [-0.3, -0.25) is 4.79 Å². The zero-order chi connectivity index (χ0) is 18.1. The van der Waals surface area contributed by atoms with Gasteiger partial charge < -0.3 is 10.6 Å². The third-order valence-electron chi connectivity index (χ3n) is 4.99. The van der Waals surface area contributed by atoms with Crippen molar-refractivity contribution in [2.45, 2.75) is 18.9 Å². The van der Waals surface area contributed by atoms with Gasteiger partial charge in [0.15, 0.2) is 0 Å². The van der Waals surface area contributed by atoms with E-state index in [2.05, 4.69) is 22.2 Å². The molecule has 1 aliphatic rings. The van der Waals surface area contributed by atoms with Crippen molar-refractivity contribution in [3.63, 3.8) is 0 Å². The molecule has 2 heterocycles. The monoisotopic (exact) mass is 347 g/mol. The molecule has 1 aliphatic heterocycles. The van der Waals surface area contributed by atoms with Crippen LogP contribution in [0.15, 0.2) is 61.2 Å². The fraction of sp³-hybridized carbons (Fsp3) is 0.250. The quantitative estimate of drug-likeness (QED) is 0.787. The van der Waals surface area contributed by atoms with Gasteiger partial charge in [0.2, 0.25) is 0 Å². The summed E-state index contributed by atoms with van der Waals surface area (Å²) in [7, 11) is 0. The Morgan fingerprint density at radius 3 is 2.65 bits per heavy atom. The lowest BCUT2D eigenvalue weighted by Gasteiger charge is -2.17. The highest BCUT2D eigenvalue weighted by Gasteiger charge is 2.34. The molecule has 2 atom stereocenters. The minimum absolute atomic E-state index is 0.0205.